The summed E-state index contributed by atoms with van der Waals surface area (Å²) < 4.78 is 31.2. The zero-order chi connectivity index (χ0) is 19.8. The molecule has 0 spiro atoms. The molecule has 1 heterocycles. The number of ether oxygens (including phenoxy) is 1. The summed E-state index contributed by atoms with van der Waals surface area (Å²) in [4.78, 5) is 14.8. The zero-order valence-corrected chi connectivity index (χ0v) is 16.9. The number of benzene rings is 2. The minimum atomic E-state index is -3.72. The van der Waals surface area contributed by atoms with Crippen molar-refractivity contribution in [2.24, 2.45) is 0 Å². The van der Waals surface area contributed by atoms with Gasteiger partial charge in [-0.25, -0.2) is 8.42 Å². The summed E-state index contributed by atoms with van der Waals surface area (Å²) in [5.74, 6) is 0.152. The quantitative estimate of drug-likeness (QED) is 0.762. The van der Waals surface area contributed by atoms with Crippen molar-refractivity contribution in [1.82, 2.24) is 0 Å². The van der Waals surface area contributed by atoms with Gasteiger partial charge in [-0.3, -0.25) is 9.10 Å². The lowest BCUT2D eigenvalue weighted by atomic mass is 10.2. The highest BCUT2D eigenvalue weighted by Crippen LogP contribution is 2.33. The Kier molecular flexibility index (Phi) is 5.35. The molecular weight excluding hydrogens is 388 g/mol. The number of hydrogen-bond donors (Lipinski definition) is 0. The Hall–Kier alpha value is -2.25. The van der Waals surface area contributed by atoms with E-state index >= 15 is 0 Å². The largest absolute Gasteiger partial charge is 0.495 e. The van der Waals surface area contributed by atoms with Gasteiger partial charge in [-0.2, -0.15) is 0 Å². The summed E-state index contributed by atoms with van der Waals surface area (Å²) in [6, 6.07) is 11.4. The number of carbonyl (C=O) groups is 1. The number of amides is 1. The first-order chi connectivity index (χ1) is 12.7. The van der Waals surface area contributed by atoms with Crippen molar-refractivity contribution < 1.29 is 17.9 Å². The van der Waals surface area contributed by atoms with E-state index in [1.807, 2.05) is 24.3 Å². The molecule has 144 valence electrons. The molecule has 0 aliphatic carbocycles. The van der Waals surface area contributed by atoms with Crippen LogP contribution in [0.2, 0.25) is 5.02 Å². The lowest BCUT2D eigenvalue weighted by Crippen LogP contribution is -2.49. The van der Waals surface area contributed by atoms with Crippen molar-refractivity contribution in [2.45, 2.75) is 19.4 Å². The Morgan fingerprint density at radius 2 is 1.96 bits per heavy atom. The Balaban J connectivity index is 1.97. The van der Waals surface area contributed by atoms with Crippen LogP contribution in [0.5, 0.6) is 5.75 Å². The van der Waals surface area contributed by atoms with Crippen LogP contribution >= 0.6 is 11.6 Å². The van der Waals surface area contributed by atoms with Gasteiger partial charge in [0.05, 0.1) is 24.1 Å². The molecule has 0 saturated carbocycles. The number of carbonyl (C=O) groups excluding carboxylic acids is 1. The molecule has 3 rings (SSSR count). The van der Waals surface area contributed by atoms with Crippen LogP contribution in [-0.4, -0.2) is 40.3 Å². The Morgan fingerprint density at radius 3 is 2.59 bits per heavy atom. The molecule has 1 aliphatic heterocycles. The second kappa shape index (κ2) is 7.40. The van der Waals surface area contributed by atoms with Gasteiger partial charge >= 0.3 is 0 Å². The second-order valence-corrected chi connectivity index (χ2v) is 8.69. The molecule has 0 aromatic heterocycles. The van der Waals surface area contributed by atoms with Crippen molar-refractivity contribution in [3.05, 3.63) is 53.1 Å². The van der Waals surface area contributed by atoms with E-state index in [9.17, 15) is 13.2 Å². The average Bonchev–Trinajstić information content (AvgIpc) is 3.04. The van der Waals surface area contributed by atoms with Crippen molar-refractivity contribution >= 4 is 38.9 Å². The maximum Gasteiger partial charge on any atom is 0.250 e. The van der Waals surface area contributed by atoms with E-state index in [1.54, 1.807) is 24.0 Å². The Morgan fingerprint density at radius 1 is 1.26 bits per heavy atom. The monoisotopic (exact) mass is 408 g/mol. The molecule has 27 heavy (non-hydrogen) atoms. The first-order valence-corrected chi connectivity index (χ1v) is 10.7. The third-order valence-corrected chi connectivity index (χ3v) is 6.15. The molecule has 0 fully saturated rings. The molecular formula is C19H21ClN2O4S. The first-order valence-electron chi connectivity index (χ1n) is 8.46. The molecule has 0 radical (unpaired) electrons. The highest BCUT2D eigenvalue weighted by molar-refractivity contribution is 7.92. The number of halogens is 1. The van der Waals surface area contributed by atoms with Gasteiger partial charge in [-0.05, 0) is 43.2 Å². The van der Waals surface area contributed by atoms with Crippen LogP contribution in [0, 0.1) is 0 Å². The number of hydrogen-bond acceptors (Lipinski definition) is 4. The number of nitrogens with zero attached hydrogens (tertiary/aromatic N) is 2. The van der Waals surface area contributed by atoms with Crippen LogP contribution in [0.15, 0.2) is 42.5 Å². The van der Waals surface area contributed by atoms with Crippen LogP contribution in [0.3, 0.4) is 0 Å². The van der Waals surface area contributed by atoms with Gasteiger partial charge in [0, 0.05) is 12.2 Å². The van der Waals surface area contributed by atoms with Gasteiger partial charge < -0.3 is 9.64 Å². The van der Waals surface area contributed by atoms with Crippen LogP contribution < -0.4 is 13.9 Å². The first kappa shape index (κ1) is 19.5. The van der Waals surface area contributed by atoms with Crippen LogP contribution in [0.4, 0.5) is 11.4 Å². The summed E-state index contributed by atoms with van der Waals surface area (Å²) >= 11 is 6.16. The molecule has 0 bridgehead atoms. The number of sulfonamides is 1. The third-order valence-electron chi connectivity index (χ3n) is 4.61. The predicted molar refractivity (Wildman–Crippen MR) is 107 cm³/mol. The van der Waals surface area contributed by atoms with Gasteiger partial charge in [0.1, 0.15) is 11.8 Å². The molecule has 8 heteroatoms. The molecule has 0 unspecified atom stereocenters. The van der Waals surface area contributed by atoms with Gasteiger partial charge in [-0.15, -0.1) is 0 Å². The van der Waals surface area contributed by atoms with Gasteiger partial charge in [0.15, 0.2) is 0 Å². The summed E-state index contributed by atoms with van der Waals surface area (Å²) in [5, 5.41) is 0.273. The standard InChI is InChI=1S/C19H21ClN2O4S/c1-13(19(23)21-11-10-14-6-4-5-7-17(14)21)22(27(3,24)25)15-8-9-18(26-2)16(20)12-15/h4-9,12-13H,10-11H2,1-3H3/t13-/m0/s1. The number of anilines is 2. The Bertz CT molecular complexity index is 977. The normalized spacial score (nSPS) is 14.6. The molecule has 0 saturated heterocycles. The highest BCUT2D eigenvalue weighted by atomic mass is 35.5. The van der Waals surface area contributed by atoms with Gasteiger partial charge in [0.2, 0.25) is 10.0 Å². The third kappa shape index (κ3) is 3.75. The predicted octanol–water partition coefficient (Wildman–Crippen LogP) is 3.09. The molecule has 1 aliphatic rings. The van der Waals surface area contributed by atoms with Crippen molar-refractivity contribution in [1.29, 1.82) is 0 Å². The summed E-state index contributed by atoms with van der Waals surface area (Å²) in [5.41, 5.74) is 2.23. The number of para-hydroxylation sites is 1. The lowest BCUT2D eigenvalue weighted by molar-refractivity contribution is -0.119. The highest BCUT2D eigenvalue weighted by Gasteiger charge is 2.35. The molecule has 1 atom stereocenters. The van der Waals surface area contributed by atoms with E-state index in [1.165, 1.54) is 13.2 Å². The minimum Gasteiger partial charge on any atom is -0.495 e. The lowest BCUT2D eigenvalue weighted by Gasteiger charge is -2.31. The van der Waals surface area contributed by atoms with E-state index in [-0.39, 0.29) is 10.9 Å². The summed E-state index contributed by atoms with van der Waals surface area (Å²) in [6.07, 6.45) is 1.83. The summed E-state index contributed by atoms with van der Waals surface area (Å²) in [6.45, 7) is 2.12. The van der Waals surface area contributed by atoms with Crippen molar-refractivity contribution in [3.63, 3.8) is 0 Å². The van der Waals surface area contributed by atoms with E-state index < -0.39 is 16.1 Å². The fraction of sp³-hybridized carbons (Fsp3) is 0.316. The van der Waals surface area contributed by atoms with E-state index in [0.29, 0.717) is 18.0 Å². The minimum absolute atomic E-state index is 0.273. The average molecular weight is 409 g/mol. The SMILES string of the molecule is COc1ccc(N([C@@H](C)C(=O)N2CCc3ccccc32)S(C)(=O)=O)cc1Cl. The zero-order valence-electron chi connectivity index (χ0n) is 15.3. The number of methoxy groups -OCH3 is 1. The maximum atomic E-state index is 13.1. The maximum absolute atomic E-state index is 13.1. The molecule has 6 nitrogen and oxygen atoms in total. The van der Waals surface area contributed by atoms with E-state index in [4.69, 9.17) is 16.3 Å². The molecule has 2 aromatic carbocycles. The Labute approximate surface area is 164 Å². The second-order valence-electron chi connectivity index (χ2n) is 6.42. The fourth-order valence-electron chi connectivity index (χ4n) is 3.39. The van der Waals surface area contributed by atoms with Crippen molar-refractivity contribution in [3.8, 4) is 5.75 Å². The van der Waals surface area contributed by atoms with Crippen LogP contribution in [-0.2, 0) is 21.2 Å². The van der Waals surface area contributed by atoms with E-state index in [0.717, 1.165) is 28.2 Å². The fourth-order valence-corrected chi connectivity index (χ4v) is 4.80. The number of fused-ring (bicyclic) bond motifs is 1. The van der Waals surface area contributed by atoms with Crippen LogP contribution in [0.1, 0.15) is 12.5 Å². The van der Waals surface area contributed by atoms with Gasteiger partial charge in [-0.1, -0.05) is 29.8 Å². The molecule has 1 amide bonds. The molecule has 0 N–H and O–H groups in total. The van der Waals surface area contributed by atoms with Crippen molar-refractivity contribution in [2.75, 3.05) is 29.1 Å². The summed E-state index contributed by atoms with van der Waals surface area (Å²) in [7, 11) is -2.24. The molecule has 2 aromatic rings. The topological polar surface area (TPSA) is 66.9 Å². The van der Waals surface area contributed by atoms with E-state index in [2.05, 4.69) is 0 Å². The van der Waals surface area contributed by atoms with Gasteiger partial charge in [0.25, 0.3) is 5.91 Å². The smallest absolute Gasteiger partial charge is 0.250 e. The van der Waals surface area contributed by atoms with Crippen LogP contribution in [0.25, 0.3) is 0 Å². The number of rotatable bonds is 5.